The fraction of sp³-hybridized carbons (Fsp3) is 0.333. The maximum Gasteiger partial charge on any atom is 0.647 e. The van der Waals surface area contributed by atoms with Crippen LogP contribution in [0.2, 0.25) is 0 Å². The summed E-state index contributed by atoms with van der Waals surface area (Å²) >= 11 is 0. The van der Waals surface area contributed by atoms with Gasteiger partial charge in [-0.25, -0.2) is 0 Å². The molecule has 3 aromatic rings. The predicted molar refractivity (Wildman–Crippen MR) is 148 cm³/mol. The van der Waals surface area contributed by atoms with Crippen LogP contribution >= 0.6 is 7.82 Å². The molecule has 224 valence electrons. The van der Waals surface area contributed by atoms with E-state index in [-0.39, 0.29) is 51.7 Å². The molecule has 41 heavy (non-hydrogen) atoms. The second kappa shape index (κ2) is 13.7. The summed E-state index contributed by atoms with van der Waals surface area (Å²) in [7, 11) is 8.07. The van der Waals surface area contributed by atoms with Crippen molar-refractivity contribution in [3.8, 4) is 69.0 Å². The highest BCUT2D eigenvalue weighted by Gasteiger charge is 2.39. The van der Waals surface area contributed by atoms with Crippen LogP contribution in [0, 0.1) is 0 Å². The second-order valence-electron chi connectivity index (χ2n) is 7.72. The molecule has 0 amide bonds. The van der Waals surface area contributed by atoms with Gasteiger partial charge in [0.1, 0.15) is 0 Å². The number of rotatable bonds is 15. The Morgan fingerprint density at radius 2 is 0.537 bits per heavy atom. The van der Waals surface area contributed by atoms with Crippen molar-refractivity contribution in [1.29, 1.82) is 0 Å². The van der Waals surface area contributed by atoms with Crippen molar-refractivity contribution < 1.29 is 60.8 Å². The van der Waals surface area contributed by atoms with E-state index in [1.54, 1.807) is 0 Å². The normalized spacial score (nSPS) is 10.7. The van der Waals surface area contributed by atoms with E-state index in [1.165, 1.54) is 100 Å². The molecule has 0 radical (unpaired) electrons. The molecule has 3 rings (SSSR count). The molecule has 0 heterocycles. The molecular formula is C27H33O13P. The van der Waals surface area contributed by atoms with Gasteiger partial charge in [0.25, 0.3) is 0 Å². The summed E-state index contributed by atoms with van der Waals surface area (Å²) in [6.45, 7) is 0. The molecular weight excluding hydrogens is 563 g/mol. The number of phosphoric acid groups is 1. The van der Waals surface area contributed by atoms with Crippen LogP contribution < -0.4 is 56.2 Å². The van der Waals surface area contributed by atoms with E-state index in [4.69, 9.17) is 56.2 Å². The average molecular weight is 597 g/mol. The molecule has 0 spiro atoms. The van der Waals surface area contributed by atoms with Crippen LogP contribution in [0.4, 0.5) is 0 Å². The van der Waals surface area contributed by atoms with Crippen LogP contribution in [0.3, 0.4) is 0 Å². The topological polar surface area (TPSA) is 128 Å². The molecule has 3 aromatic carbocycles. The molecule has 0 aliphatic carbocycles. The molecule has 0 aliphatic rings. The molecule has 0 atom stereocenters. The van der Waals surface area contributed by atoms with E-state index in [2.05, 4.69) is 0 Å². The third-order valence-electron chi connectivity index (χ3n) is 5.63. The van der Waals surface area contributed by atoms with Gasteiger partial charge in [0.2, 0.25) is 34.5 Å². The van der Waals surface area contributed by atoms with Crippen LogP contribution in [-0.4, -0.2) is 64.0 Å². The molecule has 0 N–H and O–H groups in total. The largest absolute Gasteiger partial charge is 0.647 e. The van der Waals surface area contributed by atoms with Crippen molar-refractivity contribution >= 4 is 7.82 Å². The fourth-order valence-corrected chi connectivity index (χ4v) is 5.12. The van der Waals surface area contributed by atoms with Gasteiger partial charge < -0.3 is 56.2 Å². The van der Waals surface area contributed by atoms with E-state index in [0.717, 1.165) is 0 Å². The first-order valence-corrected chi connectivity index (χ1v) is 13.3. The van der Waals surface area contributed by atoms with Crippen molar-refractivity contribution in [2.24, 2.45) is 0 Å². The Bertz CT molecular complexity index is 1230. The minimum atomic E-state index is -4.70. The first-order chi connectivity index (χ1) is 19.8. The lowest BCUT2D eigenvalue weighted by molar-refractivity contribution is 0.265. The summed E-state index contributed by atoms with van der Waals surface area (Å²) in [5.41, 5.74) is 0. The van der Waals surface area contributed by atoms with E-state index < -0.39 is 7.82 Å². The van der Waals surface area contributed by atoms with Crippen molar-refractivity contribution in [2.75, 3.05) is 64.0 Å². The Balaban J connectivity index is 2.22. The molecule has 0 fully saturated rings. The van der Waals surface area contributed by atoms with Gasteiger partial charge in [-0.2, -0.15) is 4.57 Å². The molecule has 0 aromatic heterocycles. The lowest BCUT2D eigenvalue weighted by Gasteiger charge is -2.24. The van der Waals surface area contributed by atoms with E-state index in [0.29, 0.717) is 17.2 Å². The summed E-state index contributed by atoms with van der Waals surface area (Å²) < 4.78 is 81.1. The van der Waals surface area contributed by atoms with Gasteiger partial charge in [-0.3, -0.25) is 0 Å². The molecule has 0 saturated heterocycles. The first-order valence-electron chi connectivity index (χ1n) is 11.8. The van der Waals surface area contributed by atoms with Gasteiger partial charge in [-0.1, -0.05) is 0 Å². The van der Waals surface area contributed by atoms with Gasteiger partial charge in [-0.15, -0.1) is 0 Å². The van der Waals surface area contributed by atoms with E-state index in [9.17, 15) is 4.57 Å². The molecule has 0 bridgehead atoms. The Hall–Kier alpha value is -4.51. The first kappa shape index (κ1) is 31.0. The molecule has 0 unspecified atom stereocenters. The summed E-state index contributed by atoms with van der Waals surface area (Å²) in [4.78, 5) is 0. The number of hydrogen-bond donors (Lipinski definition) is 0. The standard InChI is InChI=1S/C27H33O13P/c1-29-16-10-13-19(25(35-7)22(16)32-4)38-41(28,39-20-14-11-17(30-2)23(33-5)26(20)36-8)40-21-15-12-18(31-3)24(34-6)27(21)37-9/h10-15H,1-9H3. The van der Waals surface area contributed by atoms with Crippen molar-refractivity contribution in [3.05, 3.63) is 36.4 Å². The van der Waals surface area contributed by atoms with Crippen LogP contribution in [0.25, 0.3) is 0 Å². The van der Waals surface area contributed by atoms with Gasteiger partial charge in [0, 0.05) is 0 Å². The van der Waals surface area contributed by atoms with Crippen molar-refractivity contribution in [3.63, 3.8) is 0 Å². The summed E-state index contributed by atoms with van der Waals surface area (Å²) in [6.07, 6.45) is 0. The highest BCUT2D eigenvalue weighted by atomic mass is 31.2. The zero-order valence-corrected chi connectivity index (χ0v) is 25.1. The van der Waals surface area contributed by atoms with Crippen LogP contribution in [0.1, 0.15) is 0 Å². The third-order valence-corrected chi connectivity index (χ3v) is 6.90. The highest BCUT2D eigenvalue weighted by Crippen LogP contribution is 2.59. The number of ether oxygens (including phenoxy) is 9. The van der Waals surface area contributed by atoms with Crippen molar-refractivity contribution in [1.82, 2.24) is 0 Å². The van der Waals surface area contributed by atoms with Crippen LogP contribution in [0.5, 0.6) is 69.0 Å². The zero-order chi connectivity index (χ0) is 30.2. The number of benzene rings is 3. The monoisotopic (exact) mass is 596 g/mol. The second-order valence-corrected chi connectivity index (χ2v) is 9.16. The third kappa shape index (κ3) is 6.30. The fourth-order valence-electron chi connectivity index (χ4n) is 3.85. The van der Waals surface area contributed by atoms with Crippen molar-refractivity contribution in [2.45, 2.75) is 0 Å². The average Bonchev–Trinajstić information content (AvgIpc) is 2.99. The number of hydrogen-bond acceptors (Lipinski definition) is 13. The molecule has 14 heteroatoms. The quantitative estimate of drug-likeness (QED) is 0.208. The number of methoxy groups -OCH3 is 9. The zero-order valence-electron chi connectivity index (χ0n) is 24.2. The maximum atomic E-state index is 14.5. The Morgan fingerprint density at radius 1 is 0.341 bits per heavy atom. The molecule has 0 aliphatic heterocycles. The maximum absolute atomic E-state index is 14.5. The summed E-state index contributed by atoms with van der Waals surface area (Å²) in [5.74, 6) is 1.65. The Morgan fingerprint density at radius 3 is 0.732 bits per heavy atom. The summed E-state index contributed by atoms with van der Waals surface area (Å²) in [5, 5.41) is 0. The minimum Gasteiger partial charge on any atom is -0.493 e. The van der Waals surface area contributed by atoms with Gasteiger partial charge >= 0.3 is 7.82 Å². The Labute approximate surface area is 238 Å². The van der Waals surface area contributed by atoms with Gasteiger partial charge in [0.15, 0.2) is 34.5 Å². The minimum absolute atomic E-state index is 0.0487. The van der Waals surface area contributed by atoms with Crippen LogP contribution in [0.15, 0.2) is 36.4 Å². The SMILES string of the molecule is COc1ccc(OP(=O)(Oc2ccc(OC)c(OC)c2OC)Oc2ccc(OC)c(OC)c2OC)c(OC)c1OC. The van der Waals surface area contributed by atoms with Gasteiger partial charge in [-0.05, 0) is 36.4 Å². The lowest BCUT2D eigenvalue weighted by atomic mass is 10.2. The summed E-state index contributed by atoms with van der Waals surface area (Å²) in [6, 6.07) is 8.98. The van der Waals surface area contributed by atoms with E-state index in [1.807, 2.05) is 0 Å². The molecule has 13 nitrogen and oxygen atoms in total. The smallest absolute Gasteiger partial charge is 0.493 e. The van der Waals surface area contributed by atoms with Crippen LogP contribution in [-0.2, 0) is 4.57 Å². The number of phosphoric ester groups is 1. The highest BCUT2D eigenvalue weighted by molar-refractivity contribution is 7.49. The predicted octanol–water partition coefficient (Wildman–Crippen LogP) is 5.41. The van der Waals surface area contributed by atoms with Gasteiger partial charge in [0.05, 0.1) is 64.0 Å². The van der Waals surface area contributed by atoms with E-state index >= 15 is 0 Å². The lowest BCUT2D eigenvalue weighted by Crippen LogP contribution is -2.10. The molecule has 0 saturated carbocycles. The Kier molecular flexibility index (Phi) is 10.4.